The first-order valence-corrected chi connectivity index (χ1v) is 8.70. The summed E-state index contributed by atoms with van der Waals surface area (Å²) in [4.78, 5) is 26.7. The van der Waals surface area contributed by atoms with Crippen molar-refractivity contribution in [1.82, 2.24) is 10.2 Å². The Labute approximate surface area is 143 Å². The number of carbonyl (C=O) groups excluding carboxylic acids is 2. The smallest absolute Gasteiger partial charge is 0.255 e. The maximum absolute atomic E-state index is 12.5. The standard InChI is InChI=1S/C18H29N3O3/c1-5-8-18(4,19)17(23)21-9-6-14(7-10-21)20-16(22)15-11-12(2)24-13(15)3/h11,14H,5-10,19H2,1-4H3,(H,20,22). The average Bonchev–Trinajstić information content (AvgIpc) is 2.86. The lowest BCUT2D eigenvalue weighted by atomic mass is 9.94. The van der Waals surface area contributed by atoms with E-state index in [0.29, 0.717) is 30.8 Å². The molecule has 1 aromatic heterocycles. The Kier molecular flexibility index (Phi) is 5.70. The van der Waals surface area contributed by atoms with Crippen LogP contribution in [0.1, 0.15) is 61.4 Å². The molecule has 134 valence electrons. The summed E-state index contributed by atoms with van der Waals surface area (Å²) in [5.41, 5.74) is 5.93. The Morgan fingerprint density at radius 3 is 2.50 bits per heavy atom. The van der Waals surface area contributed by atoms with Crippen LogP contribution in [0.2, 0.25) is 0 Å². The number of furan rings is 1. The molecule has 2 rings (SSSR count). The van der Waals surface area contributed by atoms with Crippen molar-refractivity contribution in [2.24, 2.45) is 5.73 Å². The number of nitrogens with two attached hydrogens (primary N) is 1. The van der Waals surface area contributed by atoms with E-state index in [9.17, 15) is 9.59 Å². The van der Waals surface area contributed by atoms with Crippen LogP contribution < -0.4 is 11.1 Å². The molecule has 1 aromatic rings. The van der Waals surface area contributed by atoms with Crippen LogP contribution in [-0.4, -0.2) is 41.4 Å². The average molecular weight is 335 g/mol. The Balaban J connectivity index is 1.88. The highest BCUT2D eigenvalue weighted by Crippen LogP contribution is 2.19. The minimum atomic E-state index is -0.795. The van der Waals surface area contributed by atoms with Crippen molar-refractivity contribution >= 4 is 11.8 Å². The van der Waals surface area contributed by atoms with E-state index in [1.165, 1.54) is 0 Å². The third-order valence-corrected chi connectivity index (χ3v) is 4.66. The molecule has 6 nitrogen and oxygen atoms in total. The van der Waals surface area contributed by atoms with Gasteiger partial charge in [0.1, 0.15) is 11.5 Å². The largest absolute Gasteiger partial charge is 0.466 e. The molecular formula is C18H29N3O3. The summed E-state index contributed by atoms with van der Waals surface area (Å²) < 4.78 is 5.41. The molecule has 3 N–H and O–H groups in total. The highest BCUT2D eigenvalue weighted by Gasteiger charge is 2.34. The van der Waals surface area contributed by atoms with Crippen LogP contribution in [0.4, 0.5) is 0 Å². The minimum absolute atomic E-state index is 0.00966. The molecule has 1 unspecified atom stereocenters. The van der Waals surface area contributed by atoms with Gasteiger partial charge in [-0.25, -0.2) is 0 Å². The second-order valence-corrected chi connectivity index (χ2v) is 7.03. The molecule has 2 amide bonds. The summed E-state index contributed by atoms with van der Waals surface area (Å²) >= 11 is 0. The first-order chi connectivity index (χ1) is 11.2. The first-order valence-electron chi connectivity index (χ1n) is 8.70. The molecule has 1 fully saturated rings. The molecule has 0 aliphatic carbocycles. The van der Waals surface area contributed by atoms with Crippen molar-refractivity contribution < 1.29 is 14.0 Å². The third-order valence-electron chi connectivity index (χ3n) is 4.66. The van der Waals surface area contributed by atoms with Crippen LogP contribution in [0.5, 0.6) is 0 Å². The van der Waals surface area contributed by atoms with Crippen LogP contribution in [0, 0.1) is 13.8 Å². The van der Waals surface area contributed by atoms with Gasteiger partial charge in [0.25, 0.3) is 5.91 Å². The van der Waals surface area contributed by atoms with Gasteiger partial charge in [0, 0.05) is 19.1 Å². The highest BCUT2D eigenvalue weighted by atomic mass is 16.3. The van der Waals surface area contributed by atoms with Gasteiger partial charge in [0.15, 0.2) is 0 Å². The number of amides is 2. The van der Waals surface area contributed by atoms with Gasteiger partial charge in [-0.05, 0) is 46.1 Å². The molecular weight excluding hydrogens is 306 g/mol. The van der Waals surface area contributed by atoms with Gasteiger partial charge >= 0.3 is 0 Å². The van der Waals surface area contributed by atoms with Crippen molar-refractivity contribution in [3.8, 4) is 0 Å². The van der Waals surface area contributed by atoms with E-state index in [4.69, 9.17) is 10.2 Å². The monoisotopic (exact) mass is 335 g/mol. The molecule has 24 heavy (non-hydrogen) atoms. The maximum Gasteiger partial charge on any atom is 0.255 e. The van der Waals surface area contributed by atoms with Crippen LogP contribution >= 0.6 is 0 Å². The zero-order chi connectivity index (χ0) is 17.9. The predicted molar refractivity (Wildman–Crippen MR) is 92.8 cm³/mol. The van der Waals surface area contributed by atoms with Crippen LogP contribution in [-0.2, 0) is 4.79 Å². The lowest BCUT2D eigenvalue weighted by Crippen LogP contribution is -2.56. The molecule has 0 saturated carbocycles. The number of nitrogens with zero attached hydrogens (tertiary/aromatic N) is 1. The summed E-state index contributed by atoms with van der Waals surface area (Å²) in [6, 6.07) is 1.83. The Morgan fingerprint density at radius 2 is 2.00 bits per heavy atom. The van der Waals surface area contributed by atoms with Gasteiger partial charge in [0.2, 0.25) is 5.91 Å². The fraction of sp³-hybridized carbons (Fsp3) is 0.667. The Hall–Kier alpha value is -1.82. The summed E-state index contributed by atoms with van der Waals surface area (Å²) in [5.74, 6) is 1.27. The van der Waals surface area contributed by atoms with Crippen molar-refractivity contribution in [2.75, 3.05) is 13.1 Å². The molecule has 0 bridgehead atoms. The van der Waals surface area contributed by atoms with E-state index in [1.807, 2.05) is 18.7 Å². The van der Waals surface area contributed by atoms with Crippen LogP contribution in [0.15, 0.2) is 10.5 Å². The summed E-state index contributed by atoms with van der Waals surface area (Å²) in [6.07, 6.45) is 3.06. The molecule has 1 aliphatic rings. The lowest BCUT2D eigenvalue weighted by Gasteiger charge is -2.37. The fourth-order valence-electron chi connectivity index (χ4n) is 3.33. The van der Waals surface area contributed by atoms with Gasteiger partial charge in [0.05, 0.1) is 11.1 Å². The van der Waals surface area contributed by atoms with Gasteiger partial charge in [-0.1, -0.05) is 13.3 Å². The number of hydrogen-bond donors (Lipinski definition) is 2. The van der Waals surface area contributed by atoms with Crippen molar-refractivity contribution in [1.29, 1.82) is 0 Å². The molecule has 2 heterocycles. The number of likely N-dealkylation sites (tertiary alicyclic amines) is 1. The van der Waals surface area contributed by atoms with E-state index in [1.54, 1.807) is 19.9 Å². The topological polar surface area (TPSA) is 88.6 Å². The normalized spacial score (nSPS) is 18.3. The van der Waals surface area contributed by atoms with Crippen molar-refractivity contribution in [3.05, 3.63) is 23.2 Å². The van der Waals surface area contributed by atoms with Gasteiger partial charge in [-0.3, -0.25) is 9.59 Å². The SMILES string of the molecule is CCCC(C)(N)C(=O)N1CCC(NC(=O)c2cc(C)oc2C)CC1. The lowest BCUT2D eigenvalue weighted by molar-refractivity contribution is -0.137. The molecule has 1 saturated heterocycles. The Bertz CT molecular complexity index is 599. The zero-order valence-corrected chi connectivity index (χ0v) is 15.1. The first kappa shape index (κ1) is 18.5. The highest BCUT2D eigenvalue weighted by molar-refractivity contribution is 5.95. The summed E-state index contributed by atoms with van der Waals surface area (Å²) in [7, 11) is 0. The van der Waals surface area contributed by atoms with Crippen molar-refractivity contribution in [2.45, 2.75) is 65.0 Å². The zero-order valence-electron chi connectivity index (χ0n) is 15.1. The van der Waals surface area contributed by atoms with E-state index >= 15 is 0 Å². The summed E-state index contributed by atoms with van der Waals surface area (Å²) in [6.45, 7) is 8.71. The third kappa shape index (κ3) is 4.17. The number of hydrogen-bond acceptors (Lipinski definition) is 4. The molecule has 0 spiro atoms. The Morgan fingerprint density at radius 1 is 1.38 bits per heavy atom. The van der Waals surface area contributed by atoms with E-state index in [2.05, 4.69) is 5.32 Å². The fourth-order valence-corrected chi connectivity index (χ4v) is 3.33. The second-order valence-electron chi connectivity index (χ2n) is 7.03. The van der Waals surface area contributed by atoms with E-state index in [0.717, 1.165) is 25.0 Å². The quantitative estimate of drug-likeness (QED) is 0.863. The molecule has 0 aromatic carbocycles. The predicted octanol–water partition coefficient (Wildman–Crippen LogP) is 2.13. The van der Waals surface area contributed by atoms with E-state index < -0.39 is 5.54 Å². The molecule has 0 radical (unpaired) electrons. The van der Waals surface area contributed by atoms with Crippen LogP contribution in [0.3, 0.4) is 0 Å². The number of nitrogens with one attached hydrogen (secondary N) is 1. The van der Waals surface area contributed by atoms with E-state index in [-0.39, 0.29) is 17.9 Å². The number of carbonyl (C=O) groups is 2. The maximum atomic E-state index is 12.5. The van der Waals surface area contributed by atoms with Crippen LogP contribution in [0.25, 0.3) is 0 Å². The van der Waals surface area contributed by atoms with Gasteiger partial charge < -0.3 is 20.4 Å². The number of aryl methyl sites for hydroxylation is 2. The number of piperidine rings is 1. The summed E-state index contributed by atoms with van der Waals surface area (Å²) in [5, 5.41) is 3.04. The number of rotatable bonds is 5. The van der Waals surface area contributed by atoms with Crippen molar-refractivity contribution in [3.63, 3.8) is 0 Å². The molecule has 6 heteroatoms. The second kappa shape index (κ2) is 7.38. The van der Waals surface area contributed by atoms with Gasteiger partial charge in [-0.15, -0.1) is 0 Å². The molecule has 1 aliphatic heterocycles. The molecule has 1 atom stereocenters. The minimum Gasteiger partial charge on any atom is -0.466 e. The van der Waals surface area contributed by atoms with Gasteiger partial charge in [-0.2, -0.15) is 0 Å².